The average Bonchev–Trinajstić information content (AvgIpc) is 3.18. The molecular formula is C15H14N4. The lowest BCUT2D eigenvalue weighted by Gasteiger charge is -2.07. The van der Waals surface area contributed by atoms with Crippen molar-refractivity contribution >= 4 is 16.9 Å². The predicted molar refractivity (Wildman–Crippen MR) is 75.6 cm³/mol. The highest BCUT2D eigenvalue weighted by molar-refractivity contribution is 5.80. The van der Waals surface area contributed by atoms with E-state index in [1.54, 1.807) is 6.07 Å². The smallest absolute Gasteiger partial charge is 0.160 e. The van der Waals surface area contributed by atoms with Gasteiger partial charge in [-0.25, -0.2) is 9.97 Å². The van der Waals surface area contributed by atoms with Crippen LogP contribution in [0.25, 0.3) is 22.6 Å². The van der Waals surface area contributed by atoms with Crippen LogP contribution < -0.4 is 5.73 Å². The average molecular weight is 250 g/mol. The fourth-order valence-corrected chi connectivity index (χ4v) is 2.50. The van der Waals surface area contributed by atoms with Crippen molar-refractivity contribution in [2.75, 3.05) is 5.73 Å². The predicted octanol–water partition coefficient (Wildman–Crippen LogP) is 3.02. The van der Waals surface area contributed by atoms with Gasteiger partial charge < -0.3 is 10.3 Å². The van der Waals surface area contributed by atoms with Crippen molar-refractivity contribution in [3.05, 3.63) is 42.5 Å². The Labute approximate surface area is 110 Å². The van der Waals surface area contributed by atoms with Crippen LogP contribution >= 0.6 is 0 Å². The maximum absolute atomic E-state index is 5.78. The monoisotopic (exact) mass is 250 g/mol. The Balaban J connectivity index is 2.00. The first kappa shape index (κ1) is 10.6. The second-order valence-corrected chi connectivity index (χ2v) is 4.97. The number of benzene rings is 1. The van der Waals surface area contributed by atoms with Crippen LogP contribution in [0.4, 0.5) is 5.82 Å². The van der Waals surface area contributed by atoms with Gasteiger partial charge in [-0.1, -0.05) is 18.2 Å². The van der Waals surface area contributed by atoms with Gasteiger partial charge in [-0.3, -0.25) is 0 Å². The molecule has 0 atom stereocenters. The summed E-state index contributed by atoms with van der Waals surface area (Å²) in [5, 5.41) is 0. The lowest BCUT2D eigenvalue weighted by molar-refractivity contribution is 0.772. The minimum Gasteiger partial charge on any atom is -0.384 e. The number of hydrogen-bond acceptors (Lipinski definition) is 3. The van der Waals surface area contributed by atoms with Crippen molar-refractivity contribution in [2.24, 2.45) is 0 Å². The van der Waals surface area contributed by atoms with E-state index in [0.29, 0.717) is 11.9 Å². The number of pyridine rings is 1. The van der Waals surface area contributed by atoms with Gasteiger partial charge in [0, 0.05) is 6.04 Å². The summed E-state index contributed by atoms with van der Waals surface area (Å²) >= 11 is 0. The molecule has 2 aromatic heterocycles. The molecule has 4 heteroatoms. The zero-order valence-corrected chi connectivity index (χ0v) is 10.5. The third kappa shape index (κ3) is 1.68. The van der Waals surface area contributed by atoms with Gasteiger partial charge in [-0.15, -0.1) is 0 Å². The van der Waals surface area contributed by atoms with E-state index in [1.165, 1.54) is 18.4 Å². The van der Waals surface area contributed by atoms with E-state index in [4.69, 9.17) is 10.7 Å². The zero-order valence-electron chi connectivity index (χ0n) is 10.5. The molecule has 0 amide bonds. The maximum atomic E-state index is 5.78. The summed E-state index contributed by atoms with van der Waals surface area (Å²) in [5.41, 5.74) is 8.84. The molecule has 19 heavy (non-hydrogen) atoms. The molecule has 0 saturated heterocycles. The Morgan fingerprint density at radius 1 is 1.00 bits per heavy atom. The van der Waals surface area contributed by atoms with E-state index >= 15 is 0 Å². The Bertz CT molecular complexity index is 756. The van der Waals surface area contributed by atoms with Crippen LogP contribution in [0, 0.1) is 0 Å². The number of hydrogen-bond donors (Lipinski definition) is 1. The summed E-state index contributed by atoms with van der Waals surface area (Å²) in [5.74, 6) is 1.46. The number of imidazole rings is 1. The van der Waals surface area contributed by atoms with Crippen molar-refractivity contribution in [3.63, 3.8) is 0 Å². The molecular weight excluding hydrogens is 236 g/mol. The van der Waals surface area contributed by atoms with Crippen LogP contribution in [0.15, 0.2) is 42.5 Å². The standard InChI is InChI=1S/C15H14N4/c16-14-7-3-5-12(17-14)15-18-11-4-1-2-6-13(11)19(15)10-8-9-10/h1-7,10H,8-9H2,(H2,16,17). The topological polar surface area (TPSA) is 56.7 Å². The number of aromatic nitrogens is 3. The molecule has 94 valence electrons. The molecule has 4 nitrogen and oxygen atoms in total. The van der Waals surface area contributed by atoms with Crippen molar-refractivity contribution in [1.29, 1.82) is 0 Å². The van der Waals surface area contributed by atoms with Crippen LogP contribution in [0.3, 0.4) is 0 Å². The van der Waals surface area contributed by atoms with Gasteiger partial charge in [-0.2, -0.15) is 0 Å². The highest BCUT2D eigenvalue weighted by Gasteiger charge is 2.28. The van der Waals surface area contributed by atoms with E-state index in [2.05, 4.69) is 21.7 Å². The third-order valence-electron chi connectivity index (χ3n) is 3.51. The second-order valence-electron chi connectivity index (χ2n) is 4.97. The zero-order chi connectivity index (χ0) is 12.8. The summed E-state index contributed by atoms with van der Waals surface area (Å²) in [6.45, 7) is 0. The molecule has 1 saturated carbocycles. The number of rotatable bonds is 2. The lowest BCUT2D eigenvalue weighted by Crippen LogP contribution is -2.00. The Kier molecular flexibility index (Phi) is 2.12. The Morgan fingerprint density at radius 3 is 2.63 bits per heavy atom. The molecule has 1 aromatic carbocycles. The van der Waals surface area contributed by atoms with Gasteiger partial charge in [0.2, 0.25) is 0 Å². The maximum Gasteiger partial charge on any atom is 0.160 e. The first-order valence-electron chi connectivity index (χ1n) is 6.53. The molecule has 0 aliphatic heterocycles. The number of nitrogen functional groups attached to an aromatic ring is 1. The van der Waals surface area contributed by atoms with Crippen molar-refractivity contribution in [2.45, 2.75) is 18.9 Å². The Hall–Kier alpha value is -2.36. The minimum atomic E-state index is 0.534. The first-order valence-corrected chi connectivity index (χ1v) is 6.53. The molecule has 0 spiro atoms. The SMILES string of the molecule is Nc1cccc(-c2nc3ccccc3n2C2CC2)n1. The molecule has 0 radical (unpaired) electrons. The summed E-state index contributed by atoms with van der Waals surface area (Å²) in [4.78, 5) is 9.13. The summed E-state index contributed by atoms with van der Waals surface area (Å²) in [6.07, 6.45) is 2.44. The van der Waals surface area contributed by atoms with Gasteiger partial charge >= 0.3 is 0 Å². The highest BCUT2D eigenvalue weighted by atomic mass is 15.1. The van der Waals surface area contributed by atoms with Crippen LogP contribution in [-0.2, 0) is 0 Å². The summed E-state index contributed by atoms with van der Waals surface area (Å²) in [7, 11) is 0. The first-order chi connectivity index (χ1) is 9.33. The van der Waals surface area contributed by atoms with Gasteiger partial charge in [0.05, 0.1) is 11.0 Å². The molecule has 3 aromatic rings. The number of nitrogens with two attached hydrogens (primary N) is 1. The highest BCUT2D eigenvalue weighted by Crippen LogP contribution is 2.40. The van der Waals surface area contributed by atoms with Gasteiger partial charge in [0.25, 0.3) is 0 Å². The van der Waals surface area contributed by atoms with Gasteiger partial charge in [0.15, 0.2) is 5.82 Å². The lowest BCUT2D eigenvalue weighted by atomic mass is 10.3. The molecule has 1 aliphatic rings. The van der Waals surface area contributed by atoms with Gasteiger partial charge in [0.1, 0.15) is 11.5 Å². The van der Waals surface area contributed by atoms with E-state index in [1.807, 2.05) is 24.3 Å². The molecule has 1 fully saturated rings. The molecule has 1 aliphatic carbocycles. The summed E-state index contributed by atoms with van der Waals surface area (Å²) in [6, 6.07) is 14.5. The van der Waals surface area contributed by atoms with Crippen LogP contribution in [0.5, 0.6) is 0 Å². The fourth-order valence-electron chi connectivity index (χ4n) is 2.50. The number of anilines is 1. The minimum absolute atomic E-state index is 0.534. The van der Waals surface area contributed by atoms with Crippen molar-refractivity contribution in [3.8, 4) is 11.5 Å². The fraction of sp³-hybridized carbons (Fsp3) is 0.200. The van der Waals surface area contributed by atoms with Crippen LogP contribution in [0.1, 0.15) is 18.9 Å². The number of para-hydroxylation sites is 2. The van der Waals surface area contributed by atoms with Crippen molar-refractivity contribution in [1.82, 2.24) is 14.5 Å². The van der Waals surface area contributed by atoms with E-state index in [0.717, 1.165) is 17.0 Å². The normalized spacial score (nSPS) is 14.9. The molecule has 2 heterocycles. The van der Waals surface area contributed by atoms with Crippen molar-refractivity contribution < 1.29 is 0 Å². The van der Waals surface area contributed by atoms with E-state index < -0.39 is 0 Å². The van der Waals surface area contributed by atoms with Crippen LogP contribution in [-0.4, -0.2) is 14.5 Å². The van der Waals surface area contributed by atoms with Gasteiger partial charge in [-0.05, 0) is 37.1 Å². The number of nitrogens with zero attached hydrogens (tertiary/aromatic N) is 3. The molecule has 2 N–H and O–H groups in total. The Morgan fingerprint density at radius 2 is 1.84 bits per heavy atom. The quantitative estimate of drug-likeness (QED) is 0.760. The molecule has 4 rings (SSSR count). The van der Waals surface area contributed by atoms with E-state index in [9.17, 15) is 0 Å². The number of fused-ring (bicyclic) bond motifs is 1. The van der Waals surface area contributed by atoms with Crippen LogP contribution in [0.2, 0.25) is 0 Å². The van der Waals surface area contributed by atoms with E-state index in [-0.39, 0.29) is 0 Å². The largest absolute Gasteiger partial charge is 0.384 e. The summed E-state index contributed by atoms with van der Waals surface area (Å²) < 4.78 is 2.30. The molecule has 0 unspecified atom stereocenters. The second kappa shape index (κ2) is 3.82. The third-order valence-corrected chi connectivity index (χ3v) is 3.51. The molecule has 0 bridgehead atoms.